The number of rotatable bonds is 5. The molecule has 0 aliphatic heterocycles. The van der Waals surface area contributed by atoms with Gasteiger partial charge in [-0.3, -0.25) is 4.57 Å². The van der Waals surface area contributed by atoms with E-state index in [9.17, 15) is 0 Å². The molecule has 1 saturated carbocycles. The zero-order valence-electron chi connectivity index (χ0n) is 14.2. The lowest BCUT2D eigenvalue weighted by Gasteiger charge is -2.28. The Morgan fingerprint density at radius 2 is 1.96 bits per heavy atom. The molecule has 4 rings (SSSR count). The molecule has 0 bridgehead atoms. The van der Waals surface area contributed by atoms with Crippen LogP contribution in [0.1, 0.15) is 37.7 Å². The Hall–Kier alpha value is -2.14. The molecule has 1 aliphatic carbocycles. The van der Waals surface area contributed by atoms with Crippen LogP contribution in [0.2, 0.25) is 0 Å². The highest BCUT2D eigenvalue weighted by Crippen LogP contribution is 2.30. The van der Waals surface area contributed by atoms with Crippen molar-refractivity contribution < 1.29 is 0 Å². The maximum atomic E-state index is 3.90. The van der Waals surface area contributed by atoms with Crippen LogP contribution in [0.3, 0.4) is 0 Å². The van der Waals surface area contributed by atoms with Crippen molar-refractivity contribution in [3.8, 4) is 5.69 Å². The number of aryl methyl sites for hydroxylation is 1. The fourth-order valence-electron chi connectivity index (χ4n) is 3.97. The number of fused-ring (bicyclic) bond motifs is 1. The van der Waals surface area contributed by atoms with Crippen molar-refractivity contribution in [1.29, 1.82) is 0 Å². The van der Waals surface area contributed by atoms with E-state index in [2.05, 4.69) is 51.9 Å². The van der Waals surface area contributed by atoms with Gasteiger partial charge < -0.3 is 10.3 Å². The molecule has 1 aliphatic rings. The molecule has 2 heterocycles. The van der Waals surface area contributed by atoms with Crippen LogP contribution in [0.4, 0.5) is 0 Å². The minimum atomic E-state index is 0.737. The number of aromatic nitrogens is 4. The van der Waals surface area contributed by atoms with Crippen molar-refractivity contribution >= 4 is 10.9 Å². The summed E-state index contributed by atoms with van der Waals surface area (Å²) in [5, 5.41) is 12.5. The molecule has 0 amide bonds. The van der Waals surface area contributed by atoms with E-state index < -0.39 is 0 Å². The fraction of sp³-hybridized carbons (Fsp3) is 0.474. The van der Waals surface area contributed by atoms with E-state index >= 15 is 0 Å². The van der Waals surface area contributed by atoms with Crippen molar-refractivity contribution in [2.45, 2.75) is 44.6 Å². The quantitative estimate of drug-likeness (QED) is 0.756. The van der Waals surface area contributed by atoms with Gasteiger partial charge in [0.15, 0.2) is 0 Å². The Kier molecular flexibility index (Phi) is 4.34. The molecule has 1 aromatic carbocycles. The van der Waals surface area contributed by atoms with Crippen LogP contribution in [0.15, 0.2) is 37.1 Å². The van der Waals surface area contributed by atoms with Crippen LogP contribution < -0.4 is 5.32 Å². The Bertz CT molecular complexity index is 781. The Morgan fingerprint density at radius 3 is 2.71 bits per heavy atom. The molecule has 126 valence electrons. The lowest BCUT2D eigenvalue weighted by atomic mass is 9.83. The molecule has 0 radical (unpaired) electrons. The molecule has 0 unspecified atom stereocenters. The number of benzene rings is 1. The van der Waals surface area contributed by atoms with Crippen LogP contribution in [0, 0.1) is 5.92 Å². The number of aromatic amines is 1. The van der Waals surface area contributed by atoms with Crippen molar-refractivity contribution in [1.82, 2.24) is 25.1 Å². The predicted octanol–water partition coefficient (Wildman–Crippen LogP) is 3.46. The maximum absolute atomic E-state index is 3.90. The summed E-state index contributed by atoms with van der Waals surface area (Å²) in [5.41, 5.74) is 3.75. The Balaban J connectivity index is 1.47. The Labute approximate surface area is 142 Å². The van der Waals surface area contributed by atoms with Crippen LogP contribution in [0.5, 0.6) is 0 Å². The standard InChI is InChI=1S/C19H25N5/c1-20-16-6-3-14(4-7-16)2-5-15-11-21-19-9-8-17(10-18(15)19)24-12-22-23-13-24/h8-14,16,20-21H,2-7H2,1H3/t14-,16+. The van der Waals surface area contributed by atoms with Crippen molar-refractivity contribution in [2.75, 3.05) is 7.05 Å². The average molecular weight is 323 g/mol. The summed E-state index contributed by atoms with van der Waals surface area (Å²) in [7, 11) is 2.09. The predicted molar refractivity (Wildman–Crippen MR) is 96.3 cm³/mol. The van der Waals surface area contributed by atoms with E-state index in [1.807, 2.05) is 4.57 Å². The molecule has 1 fully saturated rings. The summed E-state index contributed by atoms with van der Waals surface area (Å²) in [6.07, 6.45) is 13.5. The van der Waals surface area contributed by atoms with Gasteiger partial charge >= 0.3 is 0 Å². The summed E-state index contributed by atoms with van der Waals surface area (Å²) in [4.78, 5) is 3.41. The van der Waals surface area contributed by atoms with Crippen LogP contribution in [0.25, 0.3) is 16.6 Å². The third-order valence-corrected chi connectivity index (χ3v) is 5.54. The third-order valence-electron chi connectivity index (χ3n) is 5.54. The molecular formula is C19H25N5. The Morgan fingerprint density at radius 1 is 1.17 bits per heavy atom. The van der Waals surface area contributed by atoms with E-state index in [-0.39, 0.29) is 0 Å². The zero-order valence-corrected chi connectivity index (χ0v) is 14.2. The number of hydrogen-bond acceptors (Lipinski definition) is 3. The number of H-pyrrole nitrogens is 1. The second-order valence-corrected chi connectivity index (χ2v) is 6.96. The third kappa shape index (κ3) is 3.08. The first-order valence-corrected chi connectivity index (χ1v) is 8.96. The molecule has 5 heteroatoms. The summed E-state index contributed by atoms with van der Waals surface area (Å²) < 4.78 is 1.95. The van der Waals surface area contributed by atoms with Crippen molar-refractivity contribution in [3.63, 3.8) is 0 Å². The van der Waals surface area contributed by atoms with E-state index in [0.717, 1.165) is 24.1 Å². The van der Waals surface area contributed by atoms with Crippen molar-refractivity contribution in [2.24, 2.45) is 5.92 Å². The summed E-state index contributed by atoms with van der Waals surface area (Å²) in [6.45, 7) is 0. The maximum Gasteiger partial charge on any atom is 0.123 e. The summed E-state index contributed by atoms with van der Waals surface area (Å²) in [6, 6.07) is 7.22. The van der Waals surface area contributed by atoms with Crippen molar-refractivity contribution in [3.05, 3.63) is 42.6 Å². The minimum absolute atomic E-state index is 0.737. The van der Waals surface area contributed by atoms with Crippen LogP contribution in [-0.4, -0.2) is 32.8 Å². The highest BCUT2D eigenvalue weighted by molar-refractivity contribution is 5.85. The molecule has 3 aromatic rings. The van der Waals surface area contributed by atoms with Gasteiger partial charge in [0, 0.05) is 28.8 Å². The molecular weight excluding hydrogens is 298 g/mol. The van der Waals surface area contributed by atoms with Gasteiger partial charge in [0.1, 0.15) is 12.7 Å². The number of nitrogens with one attached hydrogen (secondary N) is 2. The lowest BCUT2D eigenvalue weighted by Crippen LogP contribution is -2.30. The molecule has 5 nitrogen and oxygen atoms in total. The van der Waals surface area contributed by atoms with Gasteiger partial charge in [-0.05, 0) is 75.3 Å². The molecule has 2 N–H and O–H groups in total. The monoisotopic (exact) mass is 323 g/mol. The number of hydrogen-bond donors (Lipinski definition) is 2. The largest absolute Gasteiger partial charge is 0.361 e. The van der Waals surface area contributed by atoms with E-state index in [1.165, 1.54) is 48.6 Å². The fourth-order valence-corrected chi connectivity index (χ4v) is 3.97. The van der Waals surface area contributed by atoms with Crippen LogP contribution >= 0.6 is 0 Å². The normalized spacial score (nSPS) is 21.4. The van der Waals surface area contributed by atoms with Gasteiger partial charge in [0.25, 0.3) is 0 Å². The zero-order chi connectivity index (χ0) is 16.4. The van der Waals surface area contributed by atoms with Crippen LogP contribution in [-0.2, 0) is 6.42 Å². The first-order valence-electron chi connectivity index (χ1n) is 8.96. The first-order chi connectivity index (χ1) is 11.8. The van der Waals surface area contributed by atoms with Gasteiger partial charge in [-0.15, -0.1) is 10.2 Å². The highest BCUT2D eigenvalue weighted by atomic mass is 15.2. The van der Waals surface area contributed by atoms with Gasteiger partial charge in [-0.2, -0.15) is 0 Å². The second-order valence-electron chi connectivity index (χ2n) is 6.96. The molecule has 0 saturated heterocycles. The van der Waals surface area contributed by atoms with E-state index in [0.29, 0.717) is 0 Å². The lowest BCUT2D eigenvalue weighted by molar-refractivity contribution is 0.289. The first kappa shape index (κ1) is 15.4. The molecule has 2 aromatic heterocycles. The van der Waals surface area contributed by atoms with Gasteiger partial charge in [0.2, 0.25) is 0 Å². The van der Waals surface area contributed by atoms with E-state index in [1.54, 1.807) is 12.7 Å². The second kappa shape index (κ2) is 6.77. The molecule has 0 spiro atoms. The number of nitrogens with zero attached hydrogens (tertiary/aromatic N) is 3. The van der Waals surface area contributed by atoms with Gasteiger partial charge in [0.05, 0.1) is 0 Å². The smallest absolute Gasteiger partial charge is 0.123 e. The van der Waals surface area contributed by atoms with Gasteiger partial charge in [-0.1, -0.05) is 0 Å². The highest BCUT2D eigenvalue weighted by Gasteiger charge is 2.20. The topological polar surface area (TPSA) is 58.5 Å². The molecule has 24 heavy (non-hydrogen) atoms. The SMILES string of the molecule is CN[C@H]1CC[C@@H](CCc2c[nH]c3ccc(-n4cnnc4)cc23)CC1. The summed E-state index contributed by atoms with van der Waals surface area (Å²) in [5.74, 6) is 0.876. The van der Waals surface area contributed by atoms with Gasteiger partial charge in [-0.25, -0.2) is 0 Å². The van der Waals surface area contributed by atoms with E-state index in [4.69, 9.17) is 0 Å². The summed E-state index contributed by atoms with van der Waals surface area (Å²) >= 11 is 0. The molecule has 0 atom stereocenters. The minimum Gasteiger partial charge on any atom is -0.361 e. The average Bonchev–Trinajstić information content (AvgIpc) is 3.30.